The first-order valence-corrected chi connectivity index (χ1v) is 13.3. The molecule has 196 valence electrons. The normalized spacial score (nSPS) is 12.7. The summed E-state index contributed by atoms with van der Waals surface area (Å²) in [7, 11) is 0. The third-order valence-corrected chi connectivity index (χ3v) is 6.75. The van der Waals surface area contributed by atoms with E-state index in [1.807, 2.05) is 56.3 Å². The van der Waals surface area contributed by atoms with Crippen LogP contribution in [-0.2, 0) is 4.79 Å². The predicted octanol–water partition coefficient (Wildman–Crippen LogP) is 7.78. The first kappa shape index (κ1) is 27.1. The van der Waals surface area contributed by atoms with Crippen LogP contribution in [-0.4, -0.2) is 18.6 Å². The maximum Gasteiger partial charge on any atom is 0.220 e. The SMILES string of the molecule is Cc1ccc([C@H](CCNC(=O)C[C@@H](c2ccccc2)c2ccc(F)cc2)c2ccc(OC(C)C)cc2)cc1. The zero-order chi connectivity index (χ0) is 26.9. The predicted molar refractivity (Wildman–Crippen MR) is 152 cm³/mol. The molecule has 4 aromatic rings. The summed E-state index contributed by atoms with van der Waals surface area (Å²) in [5, 5.41) is 3.15. The molecule has 3 nitrogen and oxygen atoms in total. The summed E-state index contributed by atoms with van der Waals surface area (Å²) >= 11 is 0. The number of hydrogen-bond acceptors (Lipinski definition) is 2. The molecule has 0 spiro atoms. The quantitative estimate of drug-likeness (QED) is 0.224. The van der Waals surface area contributed by atoms with Gasteiger partial charge in [0.2, 0.25) is 5.91 Å². The molecule has 0 saturated carbocycles. The standard InChI is InChI=1S/C34H36FNO2/c1-24(2)38-31-19-15-28(16-20-31)32(27-11-9-25(3)10-12-27)21-22-36-34(37)23-33(26-7-5-4-6-8-26)29-13-17-30(35)18-14-29/h4-20,24,32-33H,21-23H2,1-3H3,(H,36,37)/t32-,33-/m0/s1. The number of benzene rings is 4. The van der Waals surface area contributed by atoms with E-state index in [-0.39, 0.29) is 29.7 Å². The van der Waals surface area contributed by atoms with Crippen molar-refractivity contribution in [1.29, 1.82) is 0 Å². The van der Waals surface area contributed by atoms with Crippen molar-refractivity contribution in [3.8, 4) is 5.75 Å². The van der Waals surface area contributed by atoms with Gasteiger partial charge in [0.05, 0.1) is 6.10 Å². The van der Waals surface area contributed by atoms with Gasteiger partial charge in [0.25, 0.3) is 0 Å². The van der Waals surface area contributed by atoms with Crippen LogP contribution in [0.25, 0.3) is 0 Å². The van der Waals surface area contributed by atoms with Gasteiger partial charge in [-0.25, -0.2) is 4.39 Å². The molecule has 4 aromatic carbocycles. The molecule has 2 atom stereocenters. The molecule has 4 heteroatoms. The van der Waals surface area contributed by atoms with E-state index < -0.39 is 0 Å². The fourth-order valence-corrected chi connectivity index (χ4v) is 4.80. The minimum atomic E-state index is -0.282. The smallest absolute Gasteiger partial charge is 0.220 e. The van der Waals surface area contributed by atoms with E-state index in [0.29, 0.717) is 13.0 Å². The maximum absolute atomic E-state index is 13.6. The van der Waals surface area contributed by atoms with Crippen LogP contribution in [0.5, 0.6) is 5.75 Å². The lowest BCUT2D eigenvalue weighted by Gasteiger charge is -2.21. The molecule has 4 rings (SSSR count). The average Bonchev–Trinajstić information content (AvgIpc) is 2.92. The molecule has 0 aliphatic heterocycles. The van der Waals surface area contributed by atoms with Crippen LogP contribution in [0.2, 0.25) is 0 Å². The second kappa shape index (κ2) is 13.0. The van der Waals surface area contributed by atoms with E-state index in [0.717, 1.165) is 23.3 Å². The summed E-state index contributed by atoms with van der Waals surface area (Å²) in [5.74, 6) is 0.555. The van der Waals surface area contributed by atoms with Crippen LogP contribution in [0.3, 0.4) is 0 Å². The van der Waals surface area contributed by atoms with E-state index in [1.54, 1.807) is 12.1 Å². The zero-order valence-corrected chi connectivity index (χ0v) is 22.4. The van der Waals surface area contributed by atoms with E-state index >= 15 is 0 Å². The molecule has 1 N–H and O–H groups in total. The summed E-state index contributed by atoms with van der Waals surface area (Å²) < 4.78 is 19.4. The van der Waals surface area contributed by atoms with Crippen LogP contribution in [0.4, 0.5) is 4.39 Å². The highest BCUT2D eigenvalue weighted by Gasteiger charge is 2.20. The molecule has 0 fully saturated rings. The van der Waals surface area contributed by atoms with Crippen LogP contribution in [0.1, 0.15) is 66.3 Å². The monoisotopic (exact) mass is 509 g/mol. The topological polar surface area (TPSA) is 38.3 Å². The van der Waals surface area contributed by atoms with Crippen LogP contribution < -0.4 is 10.1 Å². The van der Waals surface area contributed by atoms with E-state index in [2.05, 4.69) is 48.6 Å². The number of rotatable bonds is 11. The Morgan fingerprint density at radius 3 is 1.87 bits per heavy atom. The fraction of sp³-hybridized carbons (Fsp3) is 0.265. The van der Waals surface area contributed by atoms with Gasteiger partial charge in [-0.1, -0.05) is 84.4 Å². The number of aryl methyl sites for hydroxylation is 1. The third-order valence-electron chi connectivity index (χ3n) is 6.75. The van der Waals surface area contributed by atoms with Crippen molar-refractivity contribution >= 4 is 5.91 Å². The Balaban J connectivity index is 1.45. The number of amides is 1. The summed E-state index contributed by atoms with van der Waals surface area (Å²) in [6, 6.07) is 33.2. The number of nitrogens with one attached hydrogen (secondary N) is 1. The van der Waals surface area contributed by atoms with Crippen LogP contribution in [0, 0.1) is 12.7 Å². The lowest BCUT2D eigenvalue weighted by molar-refractivity contribution is -0.121. The van der Waals surface area contributed by atoms with Crippen molar-refractivity contribution in [3.05, 3.63) is 137 Å². The number of ether oxygens (including phenoxy) is 1. The Kier molecular flexibility index (Phi) is 9.31. The van der Waals surface area contributed by atoms with Gasteiger partial charge < -0.3 is 10.1 Å². The van der Waals surface area contributed by atoms with Gasteiger partial charge in [-0.05, 0) is 73.7 Å². The molecule has 0 heterocycles. The second-order valence-corrected chi connectivity index (χ2v) is 10.1. The van der Waals surface area contributed by atoms with Crippen molar-refractivity contribution in [2.24, 2.45) is 0 Å². The summed E-state index contributed by atoms with van der Waals surface area (Å²) in [6.45, 7) is 6.67. The molecule has 0 bridgehead atoms. The Hall–Kier alpha value is -3.92. The molecule has 0 aliphatic carbocycles. The first-order valence-electron chi connectivity index (χ1n) is 13.3. The molecular weight excluding hydrogens is 473 g/mol. The van der Waals surface area contributed by atoms with Gasteiger partial charge in [-0.2, -0.15) is 0 Å². The summed E-state index contributed by atoms with van der Waals surface area (Å²) in [6.07, 6.45) is 1.19. The number of halogens is 1. The fourth-order valence-electron chi connectivity index (χ4n) is 4.80. The summed E-state index contributed by atoms with van der Waals surface area (Å²) in [5.41, 5.74) is 5.59. The Bertz CT molecular complexity index is 1280. The molecule has 0 aromatic heterocycles. The average molecular weight is 510 g/mol. The summed E-state index contributed by atoms with van der Waals surface area (Å²) in [4.78, 5) is 13.1. The Labute approximate surface area is 225 Å². The van der Waals surface area contributed by atoms with Crippen molar-refractivity contribution in [2.45, 2.75) is 51.6 Å². The highest BCUT2D eigenvalue weighted by molar-refractivity contribution is 5.77. The van der Waals surface area contributed by atoms with E-state index in [9.17, 15) is 9.18 Å². The van der Waals surface area contributed by atoms with Gasteiger partial charge >= 0.3 is 0 Å². The molecule has 0 unspecified atom stereocenters. The number of carbonyl (C=O) groups is 1. The Morgan fingerprint density at radius 1 is 0.737 bits per heavy atom. The van der Waals surface area contributed by atoms with Gasteiger partial charge in [-0.3, -0.25) is 4.79 Å². The number of hydrogen-bond donors (Lipinski definition) is 1. The minimum absolute atomic E-state index is 0.0217. The van der Waals surface area contributed by atoms with Crippen LogP contribution >= 0.6 is 0 Å². The van der Waals surface area contributed by atoms with Crippen molar-refractivity contribution in [2.75, 3.05) is 6.54 Å². The largest absolute Gasteiger partial charge is 0.491 e. The molecule has 0 aliphatic rings. The minimum Gasteiger partial charge on any atom is -0.491 e. The van der Waals surface area contributed by atoms with E-state index in [4.69, 9.17) is 4.74 Å². The highest BCUT2D eigenvalue weighted by Crippen LogP contribution is 2.31. The Morgan fingerprint density at radius 2 is 1.26 bits per heavy atom. The van der Waals surface area contributed by atoms with Crippen molar-refractivity contribution in [1.82, 2.24) is 5.32 Å². The van der Waals surface area contributed by atoms with Crippen molar-refractivity contribution in [3.63, 3.8) is 0 Å². The van der Waals surface area contributed by atoms with Gasteiger partial charge in [0.15, 0.2) is 0 Å². The lowest BCUT2D eigenvalue weighted by Crippen LogP contribution is -2.27. The number of carbonyl (C=O) groups excluding carboxylic acids is 1. The van der Waals surface area contributed by atoms with Crippen LogP contribution in [0.15, 0.2) is 103 Å². The lowest BCUT2D eigenvalue weighted by atomic mass is 9.87. The molecule has 0 saturated heterocycles. The van der Waals surface area contributed by atoms with E-state index in [1.165, 1.54) is 28.8 Å². The molecular formula is C34H36FNO2. The van der Waals surface area contributed by atoms with Crippen molar-refractivity contribution < 1.29 is 13.9 Å². The first-order chi connectivity index (χ1) is 18.4. The van der Waals surface area contributed by atoms with Gasteiger partial charge in [0, 0.05) is 24.8 Å². The van der Waals surface area contributed by atoms with Gasteiger partial charge in [0.1, 0.15) is 11.6 Å². The zero-order valence-electron chi connectivity index (χ0n) is 22.4. The molecule has 38 heavy (non-hydrogen) atoms. The second-order valence-electron chi connectivity index (χ2n) is 10.1. The third kappa shape index (κ3) is 7.55. The molecule has 1 amide bonds. The highest BCUT2D eigenvalue weighted by atomic mass is 19.1. The maximum atomic E-state index is 13.6. The molecule has 0 radical (unpaired) electrons. The van der Waals surface area contributed by atoms with Gasteiger partial charge in [-0.15, -0.1) is 0 Å².